The molecule has 0 aliphatic carbocycles. The molecule has 29 heavy (non-hydrogen) atoms. The highest BCUT2D eigenvalue weighted by Gasteiger charge is 2.17. The Hall–Kier alpha value is -3.35. The topological polar surface area (TPSA) is 105 Å². The molecule has 7 nitrogen and oxygen atoms in total. The third-order valence-corrected chi connectivity index (χ3v) is 4.89. The monoisotopic (exact) mass is 394 g/mol. The van der Waals surface area contributed by atoms with E-state index in [9.17, 15) is 14.4 Å². The first-order valence-electron chi connectivity index (χ1n) is 9.86. The van der Waals surface area contributed by atoms with Crippen LogP contribution in [-0.2, 0) is 4.79 Å². The van der Waals surface area contributed by atoms with Crippen LogP contribution in [0.15, 0.2) is 48.5 Å². The standard InChI is InChI=1S/C22H26N4O3/c23-21(28)16-7-5-10-19(13-16)25-20(27)15-24-18-9-6-8-17(14-18)22(29)26-11-3-1-2-4-12-26/h5-10,13-14,24H,1-4,11-12,15H2,(H2,23,28)(H,25,27). The van der Waals surface area contributed by atoms with Crippen molar-refractivity contribution < 1.29 is 14.4 Å². The molecule has 0 bridgehead atoms. The zero-order chi connectivity index (χ0) is 20.6. The van der Waals surface area contributed by atoms with Gasteiger partial charge in [0.05, 0.1) is 6.54 Å². The molecule has 2 aromatic rings. The van der Waals surface area contributed by atoms with E-state index in [4.69, 9.17) is 5.73 Å². The SMILES string of the molecule is NC(=O)c1cccc(NC(=O)CNc2cccc(C(=O)N3CCCCCC3)c2)c1. The summed E-state index contributed by atoms with van der Waals surface area (Å²) in [6.07, 6.45) is 4.42. The van der Waals surface area contributed by atoms with Crippen molar-refractivity contribution in [2.45, 2.75) is 25.7 Å². The summed E-state index contributed by atoms with van der Waals surface area (Å²) in [7, 11) is 0. The average molecular weight is 394 g/mol. The molecule has 1 fully saturated rings. The Morgan fingerprint density at radius 3 is 2.17 bits per heavy atom. The summed E-state index contributed by atoms with van der Waals surface area (Å²) in [5.41, 5.74) is 7.40. The Morgan fingerprint density at radius 1 is 0.862 bits per heavy atom. The molecule has 3 rings (SSSR count). The fourth-order valence-electron chi connectivity index (χ4n) is 3.36. The number of nitrogens with zero attached hydrogens (tertiary/aromatic N) is 1. The summed E-state index contributed by atoms with van der Waals surface area (Å²) in [5.74, 6) is -0.788. The van der Waals surface area contributed by atoms with Gasteiger partial charge in [0, 0.05) is 35.6 Å². The van der Waals surface area contributed by atoms with Crippen LogP contribution in [0.2, 0.25) is 0 Å². The number of nitrogens with two attached hydrogens (primary N) is 1. The third-order valence-electron chi connectivity index (χ3n) is 4.89. The molecule has 1 aliphatic rings. The zero-order valence-electron chi connectivity index (χ0n) is 16.3. The minimum absolute atomic E-state index is 0.0299. The highest BCUT2D eigenvalue weighted by Crippen LogP contribution is 2.16. The van der Waals surface area contributed by atoms with Crippen LogP contribution in [0, 0.1) is 0 Å². The number of amides is 3. The van der Waals surface area contributed by atoms with Gasteiger partial charge in [0.25, 0.3) is 5.91 Å². The lowest BCUT2D eigenvalue weighted by Crippen LogP contribution is -2.31. The molecule has 0 radical (unpaired) electrons. The van der Waals surface area contributed by atoms with Crippen LogP contribution in [-0.4, -0.2) is 42.3 Å². The molecule has 1 saturated heterocycles. The first-order valence-corrected chi connectivity index (χ1v) is 9.86. The number of likely N-dealkylation sites (tertiary alicyclic amines) is 1. The molecule has 1 heterocycles. The summed E-state index contributed by atoms with van der Waals surface area (Å²) in [4.78, 5) is 38.1. The largest absolute Gasteiger partial charge is 0.376 e. The highest BCUT2D eigenvalue weighted by molar-refractivity contribution is 5.98. The van der Waals surface area contributed by atoms with Crippen molar-refractivity contribution in [3.63, 3.8) is 0 Å². The number of nitrogens with one attached hydrogen (secondary N) is 2. The maximum Gasteiger partial charge on any atom is 0.253 e. The fraction of sp³-hybridized carbons (Fsp3) is 0.318. The number of hydrogen-bond donors (Lipinski definition) is 3. The second-order valence-electron chi connectivity index (χ2n) is 7.13. The number of anilines is 2. The van der Waals surface area contributed by atoms with Crippen molar-refractivity contribution in [3.05, 3.63) is 59.7 Å². The zero-order valence-corrected chi connectivity index (χ0v) is 16.3. The lowest BCUT2D eigenvalue weighted by Gasteiger charge is -2.20. The van der Waals surface area contributed by atoms with Crippen molar-refractivity contribution >= 4 is 29.1 Å². The Bertz CT molecular complexity index is 889. The second kappa shape index (κ2) is 9.73. The number of hydrogen-bond acceptors (Lipinski definition) is 4. The summed E-state index contributed by atoms with van der Waals surface area (Å²) in [5, 5.41) is 5.76. The van der Waals surface area contributed by atoms with Crippen molar-refractivity contribution in [2.75, 3.05) is 30.3 Å². The van der Waals surface area contributed by atoms with Crippen LogP contribution < -0.4 is 16.4 Å². The maximum atomic E-state index is 12.8. The fourth-order valence-corrected chi connectivity index (χ4v) is 3.36. The Kier molecular flexibility index (Phi) is 6.84. The van der Waals surface area contributed by atoms with E-state index >= 15 is 0 Å². The Labute approximate surface area is 170 Å². The van der Waals surface area contributed by atoms with Crippen LogP contribution in [0.25, 0.3) is 0 Å². The van der Waals surface area contributed by atoms with Gasteiger partial charge in [-0.15, -0.1) is 0 Å². The highest BCUT2D eigenvalue weighted by atomic mass is 16.2. The van der Waals surface area contributed by atoms with Gasteiger partial charge >= 0.3 is 0 Å². The molecule has 0 spiro atoms. The van der Waals surface area contributed by atoms with E-state index in [1.54, 1.807) is 30.3 Å². The molecule has 2 aromatic carbocycles. The summed E-state index contributed by atoms with van der Waals surface area (Å²) in [6, 6.07) is 13.7. The Morgan fingerprint density at radius 2 is 1.48 bits per heavy atom. The maximum absolute atomic E-state index is 12.8. The summed E-state index contributed by atoms with van der Waals surface area (Å²) in [6.45, 7) is 1.62. The molecular formula is C22H26N4O3. The molecule has 0 saturated carbocycles. The van der Waals surface area contributed by atoms with Gasteiger partial charge in [-0.1, -0.05) is 25.0 Å². The van der Waals surface area contributed by atoms with Gasteiger partial charge in [-0.2, -0.15) is 0 Å². The third kappa shape index (κ3) is 5.81. The van der Waals surface area contributed by atoms with E-state index in [-0.39, 0.29) is 18.4 Å². The number of carbonyl (C=O) groups is 3. The molecule has 0 atom stereocenters. The predicted octanol–water partition coefficient (Wildman–Crippen LogP) is 2.85. The van der Waals surface area contributed by atoms with Gasteiger partial charge in [-0.05, 0) is 49.2 Å². The van der Waals surface area contributed by atoms with Crippen LogP contribution in [0.1, 0.15) is 46.4 Å². The van der Waals surface area contributed by atoms with Gasteiger partial charge < -0.3 is 21.3 Å². The number of benzene rings is 2. The number of rotatable bonds is 6. The minimum atomic E-state index is -0.551. The molecular weight excluding hydrogens is 368 g/mol. The average Bonchev–Trinajstić information content (AvgIpc) is 3.02. The van der Waals surface area contributed by atoms with Crippen LogP contribution in [0.5, 0.6) is 0 Å². The predicted molar refractivity (Wildman–Crippen MR) is 113 cm³/mol. The van der Waals surface area contributed by atoms with Crippen molar-refractivity contribution in [3.8, 4) is 0 Å². The first-order chi connectivity index (χ1) is 14.0. The van der Waals surface area contributed by atoms with Crippen LogP contribution in [0.3, 0.4) is 0 Å². The molecule has 3 amide bonds. The van der Waals surface area contributed by atoms with Crippen molar-refractivity contribution in [1.82, 2.24) is 4.90 Å². The van der Waals surface area contributed by atoms with Crippen molar-refractivity contribution in [2.24, 2.45) is 5.73 Å². The molecule has 0 unspecified atom stereocenters. The van der Waals surface area contributed by atoms with E-state index in [1.165, 1.54) is 18.9 Å². The normalized spacial score (nSPS) is 14.0. The molecule has 7 heteroatoms. The first kappa shape index (κ1) is 20.4. The molecule has 1 aliphatic heterocycles. The quantitative estimate of drug-likeness (QED) is 0.701. The van der Waals surface area contributed by atoms with Gasteiger partial charge in [0.1, 0.15) is 0 Å². The van der Waals surface area contributed by atoms with Gasteiger partial charge in [-0.25, -0.2) is 0 Å². The van der Waals surface area contributed by atoms with E-state index in [0.717, 1.165) is 25.9 Å². The second-order valence-corrected chi connectivity index (χ2v) is 7.13. The lowest BCUT2D eigenvalue weighted by atomic mass is 10.1. The smallest absolute Gasteiger partial charge is 0.253 e. The van der Waals surface area contributed by atoms with Crippen molar-refractivity contribution in [1.29, 1.82) is 0 Å². The molecule has 0 aromatic heterocycles. The number of primary amides is 1. The van der Waals surface area contributed by atoms with Gasteiger partial charge in [0.15, 0.2) is 0 Å². The van der Waals surface area contributed by atoms with E-state index in [2.05, 4.69) is 10.6 Å². The Balaban J connectivity index is 1.57. The molecule has 152 valence electrons. The van der Waals surface area contributed by atoms with E-state index in [0.29, 0.717) is 22.5 Å². The van der Waals surface area contributed by atoms with E-state index < -0.39 is 5.91 Å². The minimum Gasteiger partial charge on any atom is -0.376 e. The summed E-state index contributed by atoms with van der Waals surface area (Å²) >= 11 is 0. The number of carbonyl (C=O) groups excluding carboxylic acids is 3. The van der Waals surface area contributed by atoms with Crippen LogP contribution in [0.4, 0.5) is 11.4 Å². The summed E-state index contributed by atoms with van der Waals surface area (Å²) < 4.78 is 0. The molecule has 4 N–H and O–H groups in total. The van der Waals surface area contributed by atoms with Crippen LogP contribution >= 0.6 is 0 Å². The van der Waals surface area contributed by atoms with Gasteiger partial charge in [0.2, 0.25) is 11.8 Å². The van der Waals surface area contributed by atoms with Gasteiger partial charge in [-0.3, -0.25) is 14.4 Å². The van der Waals surface area contributed by atoms with E-state index in [1.807, 2.05) is 17.0 Å². The lowest BCUT2D eigenvalue weighted by molar-refractivity contribution is -0.114.